The lowest BCUT2D eigenvalue weighted by Gasteiger charge is -2.11. The molecule has 0 atom stereocenters. The number of hydrogen-bond donors (Lipinski definition) is 0. The lowest BCUT2D eigenvalue weighted by Crippen LogP contribution is -1.94. The Morgan fingerprint density at radius 2 is 0.846 bits per heavy atom. The average Bonchev–Trinajstić information content (AvgIpc) is 4.09. The Hall–Kier alpha value is -8.18. The van der Waals surface area contributed by atoms with E-state index in [1.807, 2.05) is 17.4 Å². The summed E-state index contributed by atoms with van der Waals surface area (Å²) < 4.78 is 9.78. The highest BCUT2D eigenvalue weighted by Crippen LogP contribution is 2.42. The van der Waals surface area contributed by atoms with Crippen LogP contribution in [0.2, 0.25) is 0 Å². The highest BCUT2D eigenvalue weighted by atomic mass is 32.1. The van der Waals surface area contributed by atoms with Gasteiger partial charge in [-0.15, -0.1) is 11.3 Å². The summed E-state index contributed by atoms with van der Waals surface area (Å²) in [5.41, 5.74) is 15.4. The predicted molar refractivity (Wildman–Crippen MR) is 281 cm³/mol. The summed E-state index contributed by atoms with van der Waals surface area (Å²) in [4.78, 5) is 0. The van der Waals surface area contributed by atoms with E-state index in [0.29, 0.717) is 0 Å². The van der Waals surface area contributed by atoms with Crippen molar-refractivity contribution in [3.8, 4) is 33.6 Å². The molecule has 306 valence electrons. The maximum atomic E-state index is 4.01. The number of para-hydroxylation sites is 4. The standard InChI is InChI=1S/C61H41N3S/c1-3-14-43(15-4-2)62-56-24-11-7-20-48(56)50-35-40(26-30-58(50)62)41-27-31-59-51(36-41)49-21-8-12-25-57(49)63(59)44-17-13-16-39(34-44)42-28-32-60-52(37-42)53-38-45(29-33-61(53)65-60)64-54-22-9-5-18-46(54)47-19-6-10-23-55(47)64/h3-38H,1H2,2H3/b15-4-,43-14+. The number of aromatic nitrogens is 3. The van der Waals surface area contributed by atoms with Gasteiger partial charge >= 0.3 is 0 Å². The Morgan fingerprint density at radius 3 is 1.48 bits per heavy atom. The molecule has 9 aromatic carbocycles. The molecule has 0 radical (unpaired) electrons. The van der Waals surface area contributed by atoms with E-state index in [-0.39, 0.29) is 0 Å². The van der Waals surface area contributed by atoms with Crippen LogP contribution in [0.3, 0.4) is 0 Å². The topological polar surface area (TPSA) is 14.8 Å². The third-order valence-corrected chi connectivity index (χ3v) is 14.4. The van der Waals surface area contributed by atoms with Gasteiger partial charge in [0, 0.05) is 69.6 Å². The molecule has 13 rings (SSSR count). The molecule has 4 aromatic heterocycles. The van der Waals surface area contributed by atoms with Crippen molar-refractivity contribution in [2.75, 3.05) is 0 Å². The normalized spacial score (nSPS) is 12.5. The van der Waals surface area contributed by atoms with Crippen molar-refractivity contribution >= 4 is 103 Å². The fourth-order valence-corrected chi connectivity index (χ4v) is 11.5. The first kappa shape index (κ1) is 37.4. The molecule has 0 aliphatic rings. The van der Waals surface area contributed by atoms with Crippen molar-refractivity contribution < 1.29 is 0 Å². The minimum Gasteiger partial charge on any atom is -0.309 e. The van der Waals surface area contributed by atoms with E-state index in [0.717, 1.165) is 11.4 Å². The second kappa shape index (κ2) is 14.7. The number of fused-ring (bicyclic) bond motifs is 12. The largest absolute Gasteiger partial charge is 0.309 e. The molecule has 13 aromatic rings. The molecule has 4 heteroatoms. The Balaban J connectivity index is 0.914. The van der Waals surface area contributed by atoms with E-state index >= 15 is 0 Å². The van der Waals surface area contributed by atoms with E-state index in [9.17, 15) is 0 Å². The van der Waals surface area contributed by atoms with Gasteiger partial charge in [0.15, 0.2) is 0 Å². The van der Waals surface area contributed by atoms with E-state index in [4.69, 9.17) is 0 Å². The zero-order valence-corrected chi connectivity index (χ0v) is 36.6. The summed E-state index contributed by atoms with van der Waals surface area (Å²) in [7, 11) is 0. The Labute approximate surface area is 379 Å². The number of allylic oxidation sites excluding steroid dienone is 5. The number of hydrogen-bond acceptors (Lipinski definition) is 1. The van der Waals surface area contributed by atoms with Crippen LogP contribution in [0.4, 0.5) is 0 Å². The first-order chi connectivity index (χ1) is 32.1. The second-order valence-electron chi connectivity index (χ2n) is 16.9. The van der Waals surface area contributed by atoms with Gasteiger partial charge in [-0.05, 0) is 132 Å². The molecule has 0 bridgehead atoms. The predicted octanol–water partition coefficient (Wildman–Crippen LogP) is 17.3. The van der Waals surface area contributed by atoms with Crippen molar-refractivity contribution in [1.29, 1.82) is 0 Å². The molecule has 0 unspecified atom stereocenters. The van der Waals surface area contributed by atoms with Gasteiger partial charge in [-0.2, -0.15) is 0 Å². The van der Waals surface area contributed by atoms with Crippen LogP contribution in [0, 0.1) is 0 Å². The molecular formula is C61H41N3S. The van der Waals surface area contributed by atoms with Crippen LogP contribution in [0.15, 0.2) is 225 Å². The number of rotatable bonds is 7. The van der Waals surface area contributed by atoms with E-state index in [2.05, 4.69) is 240 Å². The molecule has 0 fully saturated rings. The molecule has 3 nitrogen and oxygen atoms in total. The van der Waals surface area contributed by atoms with Gasteiger partial charge in [0.2, 0.25) is 0 Å². The van der Waals surface area contributed by atoms with Gasteiger partial charge in [0.25, 0.3) is 0 Å². The lowest BCUT2D eigenvalue weighted by atomic mass is 10.0. The van der Waals surface area contributed by atoms with Gasteiger partial charge < -0.3 is 13.7 Å². The zero-order chi connectivity index (χ0) is 43.2. The van der Waals surface area contributed by atoms with Crippen LogP contribution >= 0.6 is 11.3 Å². The van der Waals surface area contributed by atoms with Crippen molar-refractivity contribution in [1.82, 2.24) is 13.7 Å². The van der Waals surface area contributed by atoms with Crippen LogP contribution in [0.1, 0.15) is 6.92 Å². The molecule has 65 heavy (non-hydrogen) atoms. The molecule has 0 saturated heterocycles. The first-order valence-corrected chi connectivity index (χ1v) is 23.0. The van der Waals surface area contributed by atoms with E-state index < -0.39 is 0 Å². The first-order valence-electron chi connectivity index (χ1n) is 22.2. The summed E-state index contributed by atoms with van der Waals surface area (Å²) in [6.45, 7) is 6.06. The number of nitrogens with zero attached hydrogens (tertiary/aromatic N) is 3. The van der Waals surface area contributed by atoms with Crippen LogP contribution in [-0.4, -0.2) is 13.7 Å². The third-order valence-electron chi connectivity index (χ3n) is 13.3. The van der Waals surface area contributed by atoms with Crippen molar-refractivity contribution in [3.63, 3.8) is 0 Å². The summed E-state index contributed by atoms with van der Waals surface area (Å²) >= 11 is 1.87. The molecule has 0 spiro atoms. The number of benzene rings is 9. The van der Waals surface area contributed by atoms with Gasteiger partial charge in [-0.1, -0.05) is 122 Å². The fraction of sp³-hybridized carbons (Fsp3) is 0.0164. The van der Waals surface area contributed by atoms with Crippen LogP contribution < -0.4 is 0 Å². The van der Waals surface area contributed by atoms with Crippen molar-refractivity contribution in [2.24, 2.45) is 0 Å². The highest BCUT2D eigenvalue weighted by molar-refractivity contribution is 7.25. The maximum absolute atomic E-state index is 4.01. The number of thiophene rings is 1. The minimum atomic E-state index is 1.09. The molecule has 0 saturated carbocycles. The molecular weight excluding hydrogens is 807 g/mol. The van der Waals surface area contributed by atoms with Crippen LogP contribution in [-0.2, 0) is 0 Å². The van der Waals surface area contributed by atoms with Crippen molar-refractivity contribution in [2.45, 2.75) is 6.92 Å². The van der Waals surface area contributed by atoms with Crippen molar-refractivity contribution in [3.05, 3.63) is 225 Å². The summed E-state index contributed by atoms with van der Waals surface area (Å²) in [5, 5.41) is 10.1. The molecule has 4 heterocycles. The van der Waals surface area contributed by atoms with Gasteiger partial charge in [-0.3, -0.25) is 0 Å². The quantitative estimate of drug-likeness (QED) is 0.142. The fourth-order valence-electron chi connectivity index (χ4n) is 10.5. The summed E-state index contributed by atoms with van der Waals surface area (Å²) in [6.07, 6.45) is 8.17. The lowest BCUT2D eigenvalue weighted by molar-refractivity contribution is 1.18. The summed E-state index contributed by atoms with van der Waals surface area (Å²) in [6, 6.07) is 71.8. The minimum absolute atomic E-state index is 1.09. The van der Waals surface area contributed by atoms with Crippen LogP contribution in [0.25, 0.3) is 125 Å². The molecule has 0 aliphatic carbocycles. The van der Waals surface area contributed by atoms with Crippen LogP contribution in [0.5, 0.6) is 0 Å². The smallest absolute Gasteiger partial charge is 0.0541 e. The van der Waals surface area contributed by atoms with E-state index in [1.165, 1.54) is 114 Å². The second-order valence-corrected chi connectivity index (χ2v) is 18.0. The third kappa shape index (κ3) is 5.74. The van der Waals surface area contributed by atoms with Gasteiger partial charge in [0.05, 0.1) is 33.1 Å². The molecule has 0 amide bonds. The Kier molecular flexibility index (Phi) is 8.45. The Morgan fingerprint density at radius 1 is 0.400 bits per heavy atom. The monoisotopic (exact) mass is 847 g/mol. The average molecular weight is 848 g/mol. The zero-order valence-electron chi connectivity index (χ0n) is 35.7. The van der Waals surface area contributed by atoms with Gasteiger partial charge in [0.1, 0.15) is 0 Å². The Bertz CT molecular complexity index is 4110. The van der Waals surface area contributed by atoms with Gasteiger partial charge in [-0.25, -0.2) is 0 Å². The summed E-state index contributed by atoms with van der Waals surface area (Å²) in [5.74, 6) is 0. The molecule has 0 aliphatic heterocycles. The maximum Gasteiger partial charge on any atom is 0.0541 e. The SMILES string of the molecule is C=C/C=C(\C=C/C)n1c2ccccc2c2cc(-c3ccc4c(c3)c3ccccc3n4-c3cccc(-c4ccc5sc6ccc(-n7c8ccccc8c8ccccc87)cc6c5c4)c3)ccc21. The molecule has 0 N–H and O–H groups in total. The highest BCUT2D eigenvalue weighted by Gasteiger charge is 2.18. The van der Waals surface area contributed by atoms with E-state index in [1.54, 1.807) is 0 Å².